The molecule has 0 radical (unpaired) electrons. The zero-order valence-electron chi connectivity index (χ0n) is 10.7. The molecular formula is C12H20ClF3N2O. The second-order valence-electron chi connectivity index (χ2n) is 5.34. The molecule has 19 heavy (non-hydrogen) atoms. The Hall–Kier alpha value is -0.490. The maximum atomic E-state index is 12.5. The van der Waals surface area contributed by atoms with Gasteiger partial charge in [0.05, 0.1) is 11.8 Å². The fourth-order valence-corrected chi connectivity index (χ4v) is 2.96. The summed E-state index contributed by atoms with van der Waals surface area (Å²) in [6.45, 7) is 0.429. The molecule has 2 fully saturated rings. The lowest BCUT2D eigenvalue weighted by Gasteiger charge is -2.35. The Balaban J connectivity index is 0.00000180. The first-order valence-electron chi connectivity index (χ1n) is 6.50. The minimum atomic E-state index is -4.13. The van der Waals surface area contributed by atoms with Gasteiger partial charge in [-0.1, -0.05) is 6.42 Å². The summed E-state index contributed by atoms with van der Waals surface area (Å²) in [5.41, 5.74) is 5.86. The maximum absolute atomic E-state index is 12.5. The van der Waals surface area contributed by atoms with Crippen molar-refractivity contribution in [2.75, 3.05) is 13.1 Å². The highest BCUT2D eigenvalue weighted by atomic mass is 35.5. The summed E-state index contributed by atoms with van der Waals surface area (Å²) >= 11 is 0. The van der Waals surface area contributed by atoms with Gasteiger partial charge in [0.1, 0.15) is 0 Å². The summed E-state index contributed by atoms with van der Waals surface area (Å²) in [5, 5.41) is 0. The second-order valence-corrected chi connectivity index (χ2v) is 5.34. The molecule has 1 amide bonds. The number of nitrogens with two attached hydrogens (primary N) is 1. The van der Waals surface area contributed by atoms with Crippen LogP contribution in [0.3, 0.4) is 0 Å². The van der Waals surface area contributed by atoms with Gasteiger partial charge in [-0.15, -0.1) is 12.4 Å². The van der Waals surface area contributed by atoms with Crippen molar-refractivity contribution in [3.63, 3.8) is 0 Å². The lowest BCUT2D eigenvalue weighted by atomic mass is 9.94. The number of hydrogen-bond acceptors (Lipinski definition) is 2. The van der Waals surface area contributed by atoms with Gasteiger partial charge < -0.3 is 10.6 Å². The molecule has 1 heterocycles. The molecule has 112 valence electrons. The second kappa shape index (κ2) is 6.31. The summed E-state index contributed by atoms with van der Waals surface area (Å²) in [7, 11) is 0. The summed E-state index contributed by atoms with van der Waals surface area (Å²) < 4.78 is 37.5. The van der Waals surface area contributed by atoms with Crippen molar-refractivity contribution in [2.24, 2.45) is 17.6 Å². The van der Waals surface area contributed by atoms with Crippen LogP contribution < -0.4 is 5.73 Å². The Labute approximate surface area is 117 Å². The monoisotopic (exact) mass is 300 g/mol. The molecule has 1 saturated carbocycles. The zero-order chi connectivity index (χ0) is 13.3. The van der Waals surface area contributed by atoms with E-state index in [0.29, 0.717) is 0 Å². The number of alkyl halides is 3. The third-order valence-corrected chi connectivity index (χ3v) is 4.16. The van der Waals surface area contributed by atoms with Crippen LogP contribution >= 0.6 is 12.4 Å². The molecule has 7 heteroatoms. The van der Waals surface area contributed by atoms with Gasteiger partial charge in [0.25, 0.3) is 0 Å². The van der Waals surface area contributed by atoms with Crippen LogP contribution in [0.1, 0.15) is 32.1 Å². The summed E-state index contributed by atoms with van der Waals surface area (Å²) in [6, 6.07) is -0.113. The number of amides is 1. The lowest BCUT2D eigenvalue weighted by molar-refractivity contribution is -0.187. The van der Waals surface area contributed by atoms with E-state index in [4.69, 9.17) is 5.73 Å². The van der Waals surface area contributed by atoms with Crippen molar-refractivity contribution in [2.45, 2.75) is 44.3 Å². The normalized spacial score (nSPS) is 29.2. The van der Waals surface area contributed by atoms with Crippen LogP contribution in [-0.4, -0.2) is 36.1 Å². The van der Waals surface area contributed by atoms with Gasteiger partial charge in [-0.3, -0.25) is 4.79 Å². The van der Waals surface area contributed by atoms with Crippen molar-refractivity contribution in [1.29, 1.82) is 0 Å². The van der Waals surface area contributed by atoms with Gasteiger partial charge in [-0.05, 0) is 25.7 Å². The molecule has 1 saturated heterocycles. The van der Waals surface area contributed by atoms with E-state index in [1.165, 1.54) is 0 Å². The first-order chi connectivity index (χ1) is 8.39. The minimum absolute atomic E-state index is 0. The Morgan fingerprint density at radius 2 is 1.68 bits per heavy atom. The SMILES string of the molecule is Cl.NC1CCCC1C(=O)N1CCC(C(F)(F)F)CC1. The van der Waals surface area contributed by atoms with Crippen molar-refractivity contribution in [3.8, 4) is 0 Å². The predicted octanol–water partition coefficient (Wildman–Crippen LogP) is 2.34. The Morgan fingerprint density at radius 1 is 1.11 bits per heavy atom. The van der Waals surface area contributed by atoms with Crippen LogP contribution in [0, 0.1) is 11.8 Å². The molecule has 2 unspecified atom stereocenters. The van der Waals surface area contributed by atoms with Crippen LogP contribution in [-0.2, 0) is 4.79 Å². The molecule has 1 aliphatic carbocycles. The molecule has 2 atom stereocenters. The molecule has 3 nitrogen and oxygen atoms in total. The van der Waals surface area contributed by atoms with E-state index in [0.717, 1.165) is 19.3 Å². The van der Waals surface area contributed by atoms with Crippen molar-refractivity contribution in [1.82, 2.24) is 4.90 Å². The van der Waals surface area contributed by atoms with E-state index in [1.807, 2.05) is 0 Å². The number of carbonyl (C=O) groups is 1. The fraction of sp³-hybridized carbons (Fsp3) is 0.917. The number of rotatable bonds is 1. The average Bonchev–Trinajstić information content (AvgIpc) is 2.73. The molecule has 2 rings (SSSR count). The Morgan fingerprint density at radius 3 is 2.11 bits per heavy atom. The molecule has 1 aliphatic heterocycles. The molecule has 2 N–H and O–H groups in total. The average molecular weight is 301 g/mol. The largest absolute Gasteiger partial charge is 0.391 e. The number of likely N-dealkylation sites (tertiary alicyclic amines) is 1. The first-order valence-corrected chi connectivity index (χ1v) is 6.50. The van der Waals surface area contributed by atoms with Crippen molar-refractivity contribution < 1.29 is 18.0 Å². The first kappa shape index (κ1) is 16.6. The fourth-order valence-electron chi connectivity index (χ4n) is 2.96. The number of carbonyl (C=O) groups excluding carboxylic acids is 1. The number of hydrogen-bond donors (Lipinski definition) is 1. The van der Waals surface area contributed by atoms with Crippen LogP contribution in [0.4, 0.5) is 13.2 Å². The van der Waals surface area contributed by atoms with Gasteiger partial charge in [-0.25, -0.2) is 0 Å². The van der Waals surface area contributed by atoms with E-state index < -0.39 is 12.1 Å². The lowest BCUT2D eigenvalue weighted by Crippen LogP contribution is -2.47. The maximum Gasteiger partial charge on any atom is 0.391 e. The summed E-state index contributed by atoms with van der Waals surface area (Å²) in [6.07, 6.45) is -1.52. The number of piperidine rings is 1. The van der Waals surface area contributed by atoms with Crippen molar-refractivity contribution >= 4 is 18.3 Å². The van der Waals surface area contributed by atoms with Gasteiger partial charge >= 0.3 is 6.18 Å². The van der Waals surface area contributed by atoms with Gasteiger partial charge in [0, 0.05) is 19.1 Å². The topological polar surface area (TPSA) is 46.3 Å². The third-order valence-electron chi connectivity index (χ3n) is 4.16. The predicted molar refractivity (Wildman–Crippen MR) is 67.9 cm³/mol. The molecule has 0 bridgehead atoms. The highest BCUT2D eigenvalue weighted by Crippen LogP contribution is 2.35. The number of halogens is 4. The molecule has 0 aromatic rings. The molecular weight excluding hydrogens is 281 g/mol. The van der Waals surface area contributed by atoms with E-state index in [9.17, 15) is 18.0 Å². The van der Waals surface area contributed by atoms with E-state index in [1.54, 1.807) is 4.90 Å². The van der Waals surface area contributed by atoms with Crippen LogP contribution in [0.15, 0.2) is 0 Å². The van der Waals surface area contributed by atoms with E-state index in [-0.39, 0.29) is 56.2 Å². The molecule has 2 aliphatic rings. The Kier molecular flexibility index (Phi) is 5.50. The standard InChI is InChI=1S/C12H19F3N2O.ClH/c13-12(14,15)8-4-6-17(7-5-8)11(18)9-2-1-3-10(9)16;/h8-10H,1-7,16H2;1H. The molecule has 0 aromatic heterocycles. The highest BCUT2D eigenvalue weighted by Gasteiger charge is 2.43. The highest BCUT2D eigenvalue weighted by molar-refractivity contribution is 5.85. The van der Waals surface area contributed by atoms with Crippen LogP contribution in [0.25, 0.3) is 0 Å². The Bertz CT molecular complexity index is 317. The van der Waals surface area contributed by atoms with Crippen LogP contribution in [0.2, 0.25) is 0 Å². The van der Waals surface area contributed by atoms with Gasteiger partial charge in [0.2, 0.25) is 5.91 Å². The van der Waals surface area contributed by atoms with Crippen LogP contribution in [0.5, 0.6) is 0 Å². The smallest absolute Gasteiger partial charge is 0.342 e. The zero-order valence-corrected chi connectivity index (χ0v) is 11.5. The van der Waals surface area contributed by atoms with E-state index in [2.05, 4.69) is 0 Å². The van der Waals surface area contributed by atoms with Crippen molar-refractivity contribution in [3.05, 3.63) is 0 Å². The molecule has 0 spiro atoms. The summed E-state index contributed by atoms with van der Waals surface area (Å²) in [4.78, 5) is 13.7. The minimum Gasteiger partial charge on any atom is -0.342 e. The summed E-state index contributed by atoms with van der Waals surface area (Å²) in [5.74, 6) is -1.47. The van der Waals surface area contributed by atoms with E-state index >= 15 is 0 Å². The molecule has 0 aromatic carbocycles. The number of nitrogens with zero attached hydrogens (tertiary/aromatic N) is 1. The third kappa shape index (κ3) is 3.75. The van der Waals surface area contributed by atoms with Gasteiger partial charge in [-0.2, -0.15) is 13.2 Å². The van der Waals surface area contributed by atoms with Gasteiger partial charge in [0.15, 0.2) is 0 Å². The quantitative estimate of drug-likeness (QED) is 0.808.